The molecule has 3 N–H and O–H groups in total. The molecule has 0 aromatic heterocycles. The van der Waals surface area contributed by atoms with E-state index in [0.717, 1.165) is 0 Å². The summed E-state index contributed by atoms with van der Waals surface area (Å²) in [4.78, 5) is 0. The van der Waals surface area contributed by atoms with Crippen LogP contribution in [0.4, 0.5) is 0 Å². The van der Waals surface area contributed by atoms with Crippen LogP contribution in [-0.4, -0.2) is 5.21 Å². The number of hydrogen-bond donors (Lipinski definition) is 3. The first-order chi connectivity index (χ1) is 3.41. The number of hydroxylamine groups is 1. The predicted molar refractivity (Wildman–Crippen MR) is 27.4 cm³/mol. The molecule has 40 valence electrons. The fraction of sp³-hybridized carbons (Fsp3) is 0. The van der Waals surface area contributed by atoms with Gasteiger partial charge in [0.2, 0.25) is 0 Å². The summed E-state index contributed by atoms with van der Waals surface area (Å²) >= 11 is 0. The lowest BCUT2D eigenvalue weighted by atomic mass is 10.8. The fourth-order valence-electron chi connectivity index (χ4n) is 0.153. The molecule has 0 heterocycles. The summed E-state index contributed by atoms with van der Waals surface area (Å²) in [5.74, 6) is 0. The van der Waals surface area contributed by atoms with Crippen molar-refractivity contribution in [1.82, 2.24) is 10.8 Å². The zero-order chi connectivity index (χ0) is 5.54. The van der Waals surface area contributed by atoms with Gasteiger partial charge in [0, 0.05) is 12.4 Å². The van der Waals surface area contributed by atoms with Crippen LogP contribution in [0, 0.1) is 0 Å². The zero-order valence-corrected chi connectivity index (χ0v) is 3.89. The lowest BCUT2D eigenvalue weighted by molar-refractivity contribution is 0.214. The predicted octanol–water partition coefficient (Wildman–Crippen LogP) is 0.169. The Morgan fingerprint density at radius 1 is 1.43 bits per heavy atom. The lowest BCUT2D eigenvalue weighted by Crippen LogP contribution is -1.97. The molecule has 3 heteroatoms. The van der Waals surface area contributed by atoms with Crippen LogP contribution in [0.25, 0.3) is 0 Å². The molecule has 0 rings (SSSR count). The van der Waals surface area contributed by atoms with E-state index in [1.54, 1.807) is 0 Å². The van der Waals surface area contributed by atoms with Crippen LogP contribution < -0.4 is 10.8 Å². The molecule has 7 heavy (non-hydrogen) atoms. The first-order valence-corrected chi connectivity index (χ1v) is 1.83. The molecule has 0 aromatic rings. The minimum absolute atomic E-state index is 1.34. The average molecular weight is 100 g/mol. The van der Waals surface area contributed by atoms with Crippen molar-refractivity contribution < 1.29 is 5.21 Å². The normalized spacial score (nSPS) is 8.71. The van der Waals surface area contributed by atoms with Crippen molar-refractivity contribution in [2.75, 3.05) is 0 Å². The van der Waals surface area contributed by atoms with E-state index in [2.05, 4.69) is 11.9 Å². The van der Waals surface area contributed by atoms with E-state index in [0.29, 0.717) is 0 Å². The van der Waals surface area contributed by atoms with Gasteiger partial charge in [-0.3, -0.25) is 10.7 Å². The van der Waals surface area contributed by atoms with Gasteiger partial charge < -0.3 is 5.32 Å². The van der Waals surface area contributed by atoms with Gasteiger partial charge in [0.15, 0.2) is 0 Å². The van der Waals surface area contributed by atoms with Gasteiger partial charge in [-0.05, 0) is 6.20 Å². The molecule has 0 radical (unpaired) electrons. The Hall–Kier alpha value is -0.960. The third kappa shape index (κ3) is 5.04. The molecule has 0 aliphatic carbocycles. The number of hydrogen-bond acceptors (Lipinski definition) is 3. The van der Waals surface area contributed by atoms with E-state index in [9.17, 15) is 0 Å². The monoisotopic (exact) mass is 100 g/mol. The summed E-state index contributed by atoms with van der Waals surface area (Å²) in [6.07, 6.45) is 4.34. The Bertz CT molecular complexity index is 70.1. The van der Waals surface area contributed by atoms with E-state index < -0.39 is 0 Å². The van der Waals surface area contributed by atoms with E-state index in [1.165, 1.54) is 18.6 Å². The van der Waals surface area contributed by atoms with Crippen LogP contribution in [0.15, 0.2) is 25.2 Å². The Labute approximate surface area is 42.3 Å². The fourth-order valence-corrected chi connectivity index (χ4v) is 0.153. The van der Waals surface area contributed by atoms with E-state index in [-0.39, 0.29) is 0 Å². The highest BCUT2D eigenvalue weighted by Crippen LogP contribution is 1.55. The average Bonchev–Trinajstić information content (AvgIpc) is 1.69. The highest BCUT2D eigenvalue weighted by Gasteiger charge is 1.57. The van der Waals surface area contributed by atoms with Crippen LogP contribution in [0.5, 0.6) is 0 Å². The quantitative estimate of drug-likeness (QED) is 0.443. The summed E-state index contributed by atoms with van der Waals surface area (Å²) in [7, 11) is 0. The number of nitrogens with one attached hydrogen (secondary N) is 2. The molecule has 0 saturated heterocycles. The summed E-state index contributed by atoms with van der Waals surface area (Å²) in [5.41, 5.74) is 1.81. The topological polar surface area (TPSA) is 44.3 Å². The van der Waals surface area contributed by atoms with Gasteiger partial charge in [-0.25, -0.2) is 0 Å². The maximum Gasteiger partial charge on any atom is 0.0400 e. The molecule has 0 spiro atoms. The molecule has 0 saturated carbocycles. The Morgan fingerprint density at radius 2 is 2.14 bits per heavy atom. The lowest BCUT2D eigenvalue weighted by Gasteiger charge is -1.84. The first kappa shape index (κ1) is 6.04. The van der Waals surface area contributed by atoms with Gasteiger partial charge in [-0.1, -0.05) is 6.58 Å². The third-order valence-electron chi connectivity index (χ3n) is 0.372. The molecule has 0 aromatic carbocycles. The van der Waals surface area contributed by atoms with Crippen LogP contribution in [0.2, 0.25) is 0 Å². The molecule has 0 unspecified atom stereocenters. The van der Waals surface area contributed by atoms with Crippen molar-refractivity contribution in [1.29, 1.82) is 0 Å². The minimum atomic E-state index is 1.34. The van der Waals surface area contributed by atoms with Gasteiger partial charge in [0.05, 0.1) is 0 Å². The highest BCUT2D eigenvalue weighted by molar-refractivity contribution is 4.79. The third-order valence-corrected chi connectivity index (χ3v) is 0.372. The summed E-state index contributed by atoms with van der Waals surface area (Å²) in [6.45, 7) is 3.36. The molecular formula is C4H8N2O. The van der Waals surface area contributed by atoms with E-state index in [1.807, 2.05) is 5.48 Å². The summed E-state index contributed by atoms with van der Waals surface area (Å²) < 4.78 is 0. The zero-order valence-electron chi connectivity index (χ0n) is 3.89. The maximum absolute atomic E-state index is 7.88. The Morgan fingerprint density at radius 3 is 2.57 bits per heavy atom. The molecule has 0 bridgehead atoms. The molecule has 0 fully saturated rings. The van der Waals surface area contributed by atoms with Gasteiger partial charge >= 0.3 is 0 Å². The molecule has 0 amide bonds. The van der Waals surface area contributed by atoms with Crippen LogP contribution in [0.1, 0.15) is 0 Å². The van der Waals surface area contributed by atoms with Crippen molar-refractivity contribution in [3.05, 3.63) is 25.2 Å². The van der Waals surface area contributed by atoms with Crippen molar-refractivity contribution >= 4 is 0 Å². The second kappa shape index (κ2) is 5.04. The molecule has 0 atom stereocenters. The van der Waals surface area contributed by atoms with Gasteiger partial charge in [0.25, 0.3) is 0 Å². The Kier molecular flexibility index (Phi) is 4.35. The van der Waals surface area contributed by atoms with Crippen LogP contribution in [-0.2, 0) is 0 Å². The van der Waals surface area contributed by atoms with Gasteiger partial charge in [0.1, 0.15) is 0 Å². The molecule has 0 aliphatic heterocycles. The number of rotatable bonds is 3. The summed E-state index contributed by atoms with van der Waals surface area (Å²) in [5, 5.41) is 10.5. The van der Waals surface area contributed by atoms with Crippen LogP contribution >= 0.6 is 0 Å². The standard InChI is InChI=1S/C4H8N2O/c1-2-5-3-4-6-7/h2-7H,1H2/b4-3-. The second-order valence-corrected chi connectivity index (χ2v) is 0.833. The second-order valence-electron chi connectivity index (χ2n) is 0.833. The van der Waals surface area contributed by atoms with Crippen molar-refractivity contribution in [2.45, 2.75) is 0 Å². The molecule has 0 aliphatic rings. The first-order valence-electron chi connectivity index (χ1n) is 1.83. The molecular weight excluding hydrogens is 92.1 g/mol. The largest absolute Gasteiger partial charge is 0.367 e. The molecule has 3 nitrogen and oxygen atoms in total. The SMILES string of the molecule is C=CN/C=C\NO. The van der Waals surface area contributed by atoms with Crippen molar-refractivity contribution in [2.24, 2.45) is 0 Å². The smallest absolute Gasteiger partial charge is 0.0400 e. The van der Waals surface area contributed by atoms with E-state index >= 15 is 0 Å². The Balaban J connectivity index is 2.92. The van der Waals surface area contributed by atoms with Crippen LogP contribution in [0.3, 0.4) is 0 Å². The van der Waals surface area contributed by atoms with Gasteiger partial charge in [-0.15, -0.1) is 0 Å². The van der Waals surface area contributed by atoms with Crippen molar-refractivity contribution in [3.63, 3.8) is 0 Å². The highest BCUT2D eigenvalue weighted by atomic mass is 16.5. The van der Waals surface area contributed by atoms with Crippen molar-refractivity contribution in [3.8, 4) is 0 Å². The van der Waals surface area contributed by atoms with E-state index in [4.69, 9.17) is 5.21 Å². The minimum Gasteiger partial charge on any atom is -0.367 e. The maximum atomic E-state index is 7.88. The van der Waals surface area contributed by atoms with Gasteiger partial charge in [-0.2, -0.15) is 0 Å². The summed E-state index contributed by atoms with van der Waals surface area (Å²) in [6, 6.07) is 0.